The van der Waals surface area contributed by atoms with Gasteiger partial charge in [-0.05, 0) is 19.5 Å². The van der Waals surface area contributed by atoms with Crippen molar-refractivity contribution < 1.29 is 0 Å². The Bertz CT molecular complexity index is 88.9. The highest BCUT2D eigenvalue weighted by Crippen LogP contribution is 2.05. The van der Waals surface area contributed by atoms with Crippen LogP contribution in [0, 0.1) is 0 Å². The van der Waals surface area contributed by atoms with Crippen molar-refractivity contribution >= 4 is 9.84 Å². The van der Waals surface area contributed by atoms with Gasteiger partial charge in [0.25, 0.3) is 0 Å². The molecule has 0 N–H and O–H groups in total. The van der Waals surface area contributed by atoms with E-state index >= 15 is 0 Å². The average molecular weight is 158 g/mol. The van der Waals surface area contributed by atoms with E-state index in [9.17, 15) is 0 Å². The lowest BCUT2D eigenvalue weighted by molar-refractivity contribution is 0.206. The van der Waals surface area contributed by atoms with E-state index in [2.05, 4.69) is 23.0 Å². The summed E-state index contributed by atoms with van der Waals surface area (Å²) >= 11 is 0. The molecule has 0 bridgehead atoms. The van der Waals surface area contributed by atoms with Crippen LogP contribution in [-0.4, -0.2) is 38.7 Å². The fourth-order valence-electron chi connectivity index (χ4n) is 1.25. The van der Waals surface area contributed by atoms with E-state index in [4.69, 9.17) is 0 Å². The van der Waals surface area contributed by atoms with Crippen LogP contribution in [0.2, 0.25) is 0 Å². The molecule has 2 nitrogen and oxygen atoms in total. The van der Waals surface area contributed by atoms with Gasteiger partial charge in [-0.2, -0.15) is 0 Å². The Morgan fingerprint density at radius 3 is 2.50 bits per heavy atom. The summed E-state index contributed by atoms with van der Waals surface area (Å²) in [7, 11) is 0.0792. The van der Waals surface area contributed by atoms with E-state index < -0.39 is 0 Å². The molecular formula is C7H18N2Si. The molecule has 0 atom stereocenters. The van der Waals surface area contributed by atoms with Gasteiger partial charge in [0.05, 0.1) is 0 Å². The molecule has 60 valence electrons. The van der Waals surface area contributed by atoms with Crippen LogP contribution < -0.4 is 0 Å². The zero-order valence-corrected chi connectivity index (χ0v) is 8.55. The van der Waals surface area contributed by atoms with E-state index in [1.807, 2.05) is 0 Å². The van der Waals surface area contributed by atoms with Crippen molar-refractivity contribution in [3.05, 3.63) is 0 Å². The monoisotopic (exact) mass is 158 g/mol. The van der Waals surface area contributed by atoms with Crippen LogP contribution in [0.25, 0.3) is 0 Å². The van der Waals surface area contributed by atoms with Crippen LogP contribution >= 0.6 is 0 Å². The highest BCUT2D eigenvalue weighted by atomic mass is 28.2. The second-order valence-corrected chi connectivity index (χ2v) is 5.09. The first kappa shape index (κ1) is 8.24. The maximum Gasteiger partial charge on any atom is 0.174 e. The number of hydrogen-bond acceptors (Lipinski definition) is 2. The second-order valence-electron chi connectivity index (χ2n) is 3.02. The summed E-state index contributed by atoms with van der Waals surface area (Å²) in [5.74, 6) is 0. The molecule has 0 amide bonds. The summed E-state index contributed by atoms with van der Waals surface area (Å²) in [5.41, 5.74) is 0. The normalized spacial score (nSPS) is 23.4. The van der Waals surface area contributed by atoms with E-state index in [-0.39, 0.29) is 9.84 Å². The molecule has 1 fully saturated rings. The van der Waals surface area contributed by atoms with Gasteiger partial charge in [0.1, 0.15) is 0 Å². The zero-order valence-electron chi connectivity index (χ0n) is 7.14. The fraction of sp³-hybridized carbons (Fsp3) is 1.00. The summed E-state index contributed by atoms with van der Waals surface area (Å²) in [5, 5.41) is 0. The molecule has 1 aliphatic rings. The van der Waals surface area contributed by atoms with E-state index in [0.717, 1.165) is 0 Å². The van der Waals surface area contributed by atoms with Gasteiger partial charge in [0.2, 0.25) is 0 Å². The first-order valence-electron chi connectivity index (χ1n) is 4.31. The summed E-state index contributed by atoms with van der Waals surface area (Å²) < 4.78 is 5.21. The van der Waals surface area contributed by atoms with Crippen LogP contribution in [0.15, 0.2) is 0 Å². The molecule has 0 saturated carbocycles. The SMILES string of the molecule is CCCCN1CN(CC)[SiH2]1. The summed E-state index contributed by atoms with van der Waals surface area (Å²) in [6.07, 6.45) is 2.74. The highest BCUT2D eigenvalue weighted by Gasteiger charge is 2.20. The third-order valence-electron chi connectivity index (χ3n) is 2.08. The molecule has 0 spiro atoms. The molecule has 0 aromatic rings. The van der Waals surface area contributed by atoms with Crippen LogP contribution in [0.4, 0.5) is 0 Å². The Morgan fingerprint density at radius 1 is 1.30 bits per heavy atom. The molecule has 0 aliphatic carbocycles. The first-order chi connectivity index (χ1) is 4.86. The van der Waals surface area contributed by atoms with Gasteiger partial charge < -0.3 is 9.13 Å². The van der Waals surface area contributed by atoms with Crippen molar-refractivity contribution in [3.63, 3.8) is 0 Å². The van der Waals surface area contributed by atoms with Gasteiger partial charge >= 0.3 is 0 Å². The smallest absolute Gasteiger partial charge is 0.174 e. The van der Waals surface area contributed by atoms with Crippen molar-refractivity contribution in [1.82, 2.24) is 9.13 Å². The minimum absolute atomic E-state index is 0.0792. The van der Waals surface area contributed by atoms with Crippen LogP contribution in [0.1, 0.15) is 26.7 Å². The molecular weight excluding hydrogens is 140 g/mol. The van der Waals surface area contributed by atoms with E-state index in [1.165, 1.54) is 32.6 Å². The Morgan fingerprint density at radius 2 is 2.00 bits per heavy atom. The maximum atomic E-state index is 2.63. The Labute approximate surface area is 66.2 Å². The topological polar surface area (TPSA) is 6.48 Å². The van der Waals surface area contributed by atoms with Crippen molar-refractivity contribution in [1.29, 1.82) is 0 Å². The number of hydrogen-bond donors (Lipinski definition) is 0. The molecule has 0 aromatic carbocycles. The van der Waals surface area contributed by atoms with Crippen molar-refractivity contribution in [3.8, 4) is 0 Å². The molecule has 1 aliphatic heterocycles. The fourth-order valence-corrected chi connectivity index (χ4v) is 2.72. The van der Waals surface area contributed by atoms with Gasteiger partial charge in [-0.1, -0.05) is 20.3 Å². The predicted molar refractivity (Wildman–Crippen MR) is 47.4 cm³/mol. The Kier molecular flexibility index (Phi) is 3.38. The minimum Gasteiger partial charge on any atom is -0.305 e. The molecule has 0 radical (unpaired) electrons. The van der Waals surface area contributed by atoms with Crippen LogP contribution in [0.5, 0.6) is 0 Å². The molecule has 0 unspecified atom stereocenters. The Hall–Kier alpha value is 0.137. The summed E-state index contributed by atoms with van der Waals surface area (Å²) in [6, 6.07) is 0. The maximum absolute atomic E-state index is 2.63. The molecule has 0 aromatic heterocycles. The third kappa shape index (κ3) is 2.07. The van der Waals surface area contributed by atoms with Gasteiger partial charge in [-0.3, -0.25) is 0 Å². The molecule has 1 rings (SSSR count). The van der Waals surface area contributed by atoms with Crippen LogP contribution in [0.3, 0.4) is 0 Å². The average Bonchev–Trinajstić information content (AvgIpc) is 1.86. The van der Waals surface area contributed by atoms with Crippen LogP contribution in [-0.2, 0) is 0 Å². The van der Waals surface area contributed by atoms with Gasteiger partial charge in [0.15, 0.2) is 9.84 Å². The number of nitrogens with zero attached hydrogens (tertiary/aromatic N) is 2. The zero-order chi connectivity index (χ0) is 7.40. The molecule has 3 heteroatoms. The van der Waals surface area contributed by atoms with Crippen molar-refractivity contribution in [2.24, 2.45) is 0 Å². The lowest BCUT2D eigenvalue weighted by Crippen LogP contribution is -2.58. The summed E-state index contributed by atoms with van der Waals surface area (Å²) in [6.45, 7) is 8.42. The molecule has 10 heavy (non-hydrogen) atoms. The largest absolute Gasteiger partial charge is 0.305 e. The second kappa shape index (κ2) is 4.11. The number of unbranched alkanes of at least 4 members (excludes halogenated alkanes) is 1. The predicted octanol–water partition coefficient (Wildman–Crippen LogP) is 0.380. The van der Waals surface area contributed by atoms with E-state index in [0.29, 0.717) is 0 Å². The standard InChI is InChI=1S/C7H18N2Si/c1-3-5-6-9-7-8(4-2)10-9/h3-7,10H2,1-2H3. The van der Waals surface area contributed by atoms with Gasteiger partial charge in [-0.25, -0.2) is 0 Å². The summed E-state index contributed by atoms with van der Waals surface area (Å²) in [4.78, 5) is 0. The third-order valence-corrected chi connectivity index (χ3v) is 4.04. The first-order valence-corrected chi connectivity index (χ1v) is 5.58. The Balaban J connectivity index is 1.93. The van der Waals surface area contributed by atoms with Gasteiger partial charge in [-0.15, -0.1) is 0 Å². The lowest BCUT2D eigenvalue weighted by atomic mass is 10.3. The highest BCUT2D eigenvalue weighted by molar-refractivity contribution is 6.31. The quantitative estimate of drug-likeness (QED) is 0.546. The lowest BCUT2D eigenvalue weighted by Gasteiger charge is -2.41. The van der Waals surface area contributed by atoms with Gasteiger partial charge in [0, 0.05) is 6.67 Å². The minimum atomic E-state index is 0.0792. The number of rotatable bonds is 4. The van der Waals surface area contributed by atoms with Crippen molar-refractivity contribution in [2.75, 3.05) is 19.8 Å². The van der Waals surface area contributed by atoms with Crippen molar-refractivity contribution in [2.45, 2.75) is 26.7 Å². The molecule has 1 heterocycles. The van der Waals surface area contributed by atoms with E-state index in [1.54, 1.807) is 0 Å². The molecule has 1 saturated heterocycles.